The van der Waals surface area contributed by atoms with Crippen LogP contribution >= 0.6 is 0 Å². The molecule has 0 aromatic heterocycles. The third-order valence-electron chi connectivity index (χ3n) is 3.91. The van der Waals surface area contributed by atoms with Crippen molar-refractivity contribution in [3.8, 4) is 5.75 Å². The van der Waals surface area contributed by atoms with Crippen molar-refractivity contribution in [2.45, 2.75) is 37.3 Å². The van der Waals surface area contributed by atoms with E-state index in [9.17, 15) is 9.50 Å². The molecule has 0 radical (unpaired) electrons. The second kappa shape index (κ2) is 5.24. The van der Waals surface area contributed by atoms with Crippen molar-refractivity contribution in [3.63, 3.8) is 0 Å². The molecule has 3 nitrogen and oxygen atoms in total. The Hall–Kier alpha value is -1.13. The van der Waals surface area contributed by atoms with E-state index in [1.54, 1.807) is 12.1 Å². The number of rotatable bonds is 3. The number of halogens is 1. The highest BCUT2D eigenvalue weighted by Crippen LogP contribution is 2.38. The van der Waals surface area contributed by atoms with Gasteiger partial charge < -0.3 is 15.2 Å². The lowest BCUT2D eigenvalue weighted by molar-refractivity contribution is -0.00792. The van der Waals surface area contributed by atoms with E-state index >= 15 is 0 Å². The first-order valence-electron chi connectivity index (χ1n) is 6.33. The summed E-state index contributed by atoms with van der Waals surface area (Å²) in [6, 6.07) is 5.17. The van der Waals surface area contributed by atoms with Gasteiger partial charge in [0.1, 0.15) is 0 Å². The van der Waals surface area contributed by atoms with Gasteiger partial charge in [0.05, 0.1) is 12.7 Å². The zero-order chi connectivity index (χ0) is 13.2. The summed E-state index contributed by atoms with van der Waals surface area (Å²) in [5.74, 6) is -0.203. The highest BCUT2D eigenvalue weighted by atomic mass is 19.1. The van der Waals surface area contributed by atoms with Crippen LogP contribution in [0.25, 0.3) is 0 Å². The number of nitrogens with one attached hydrogen (secondary N) is 1. The number of hydrogen-bond acceptors (Lipinski definition) is 3. The number of aliphatic hydroxyl groups is 1. The molecule has 0 aliphatic heterocycles. The molecule has 1 fully saturated rings. The predicted octanol–water partition coefficient (Wildman–Crippen LogP) is 2.18. The van der Waals surface area contributed by atoms with Gasteiger partial charge in [-0.25, -0.2) is 4.39 Å². The Labute approximate surface area is 107 Å². The number of hydrogen-bond donors (Lipinski definition) is 2. The summed E-state index contributed by atoms with van der Waals surface area (Å²) in [7, 11) is 3.37. The lowest BCUT2D eigenvalue weighted by Crippen LogP contribution is -2.38. The second-order valence-corrected chi connectivity index (χ2v) is 4.94. The van der Waals surface area contributed by atoms with Crippen LogP contribution < -0.4 is 10.1 Å². The van der Waals surface area contributed by atoms with Crippen LogP contribution in [0.5, 0.6) is 5.75 Å². The maximum Gasteiger partial charge on any atom is 0.165 e. The SMILES string of the molecule is CNC1CCC(O)(c2ccc(OC)c(F)c2)CC1. The first-order chi connectivity index (χ1) is 8.59. The van der Waals surface area contributed by atoms with Crippen molar-refractivity contribution >= 4 is 0 Å². The molecule has 18 heavy (non-hydrogen) atoms. The van der Waals surface area contributed by atoms with Crippen molar-refractivity contribution in [3.05, 3.63) is 29.6 Å². The zero-order valence-corrected chi connectivity index (χ0v) is 10.9. The van der Waals surface area contributed by atoms with Crippen LogP contribution in [0.3, 0.4) is 0 Å². The average molecular weight is 253 g/mol. The smallest absolute Gasteiger partial charge is 0.165 e. The Morgan fingerprint density at radius 1 is 1.39 bits per heavy atom. The lowest BCUT2D eigenvalue weighted by Gasteiger charge is -2.36. The summed E-state index contributed by atoms with van der Waals surface area (Å²) in [6.45, 7) is 0. The monoisotopic (exact) mass is 253 g/mol. The standard InChI is InChI=1S/C14H20FNO2/c1-16-11-5-7-14(17,8-6-11)10-3-4-13(18-2)12(15)9-10/h3-4,9,11,16-17H,5-8H2,1-2H3. The van der Waals surface area contributed by atoms with Gasteiger partial charge in [-0.3, -0.25) is 0 Å². The van der Waals surface area contributed by atoms with Gasteiger partial charge in [0.25, 0.3) is 0 Å². The Balaban J connectivity index is 2.18. The van der Waals surface area contributed by atoms with Crippen molar-refractivity contribution in [1.82, 2.24) is 5.32 Å². The molecule has 1 aromatic rings. The van der Waals surface area contributed by atoms with Crippen LogP contribution in [0.15, 0.2) is 18.2 Å². The Morgan fingerprint density at radius 2 is 2.06 bits per heavy atom. The van der Waals surface area contributed by atoms with Crippen LogP contribution in [0.4, 0.5) is 4.39 Å². The van der Waals surface area contributed by atoms with E-state index in [0.29, 0.717) is 24.4 Å². The number of benzene rings is 1. The third kappa shape index (κ3) is 2.49. The minimum absolute atomic E-state index is 0.214. The molecule has 0 amide bonds. The van der Waals surface area contributed by atoms with Gasteiger partial charge >= 0.3 is 0 Å². The van der Waals surface area contributed by atoms with Crippen LogP contribution in [-0.4, -0.2) is 25.3 Å². The maximum absolute atomic E-state index is 13.7. The van der Waals surface area contributed by atoms with Crippen molar-refractivity contribution in [2.75, 3.05) is 14.2 Å². The number of ether oxygens (including phenoxy) is 1. The molecule has 2 rings (SSSR count). The van der Waals surface area contributed by atoms with E-state index < -0.39 is 11.4 Å². The van der Waals surface area contributed by atoms with Crippen molar-refractivity contribution < 1.29 is 14.2 Å². The largest absolute Gasteiger partial charge is 0.494 e. The molecule has 0 atom stereocenters. The Kier molecular flexibility index (Phi) is 3.88. The molecule has 0 spiro atoms. The van der Waals surface area contributed by atoms with E-state index in [2.05, 4.69) is 5.32 Å². The molecule has 4 heteroatoms. The first kappa shape index (κ1) is 13.3. The van der Waals surface area contributed by atoms with Gasteiger partial charge in [0.15, 0.2) is 11.6 Å². The second-order valence-electron chi connectivity index (χ2n) is 4.94. The summed E-state index contributed by atoms with van der Waals surface area (Å²) >= 11 is 0. The molecule has 1 aliphatic carbocycles. The van der Waals surface area contributed by atoms with E-state index in [1.807, 2.05) is 7.05 Å². The first-order valence-corrected chi connectivity index (χ1v) is 6.33. The molecule has 2 N–H and O–H groups in total. The van der Waals surface area contributed by atoms with E-state index in [0.717, 1.165) is 12.8 Å². The summed E-state index contributed by atoms with van der Waals surface area (Å²) in [5, 5.41) is 13.8. The molecule has 1 aromatic carbocycles. The molecule has 100 valence electrons. The van der Waals surface area contributed by atoms with E-state index in [4.69, 9.17) is 4.74 Å². The summed E-state index contributed by atoms with van der Waals surface area (Å²) < 4.78 is 18.6. The molecular formula is C14H20FNO2. The van der Waals surface area contributed by atoms with Gasteiger partial charge in [-0.2, -0.15) is 0 Å². The molecular weight excluding hydrogens is 233 g/mol. The third-order valence-corrected chi connectivity index (χ3v) is 3.91. The molecule has 0 bridgehead atoms. The van der Waals surface area contributed by atoms with Crippen molar-refractivity contribution in [1.29, 1.82) is 0 Å². The van der Waals surface area contributed by atoms with Gasteiger partial charge in [-0.15, -0.1) is 0 Å². The van der Waals surface area contributed by atoms with Gasteiger partial charge in [0.2, 0.25) is 0 Å². The summed E-state index contributed by atoms with van der Waals surface area (Å²) in [4.78, 5) is 0. The van der Waals surface area contributed by atoms with Crippen LogP contribution in [0.1, 0.15) is 31.2 Å². The quantitative estimate of drug-likeness (QED) is 0.867. The molecule has 1 aliphatic rings. The minimum Gasteiger partial charge on any atom is -0.494 e. The highest BCUT2D eigenvalue weighted by molar-refractivity contribution is 5.32. The van der Waals surface area contributed by atoms with Gasteiger partial charge in [-0.05, 0) is 50.4 Å². The van der Waals surface area contributed by atoms with Crippen LogP contribution in [0.2, 0.25) is 0 Å². The van der Waals surface area contributed by atoms with Gasteiger partial charge in [-0.1, -0.05) is 6.07 Å². The highest BCUT2D eigenvalue weighted by Gasteiger charge is 2.34. The summed E-state index contributed by atoms with van der Waals surface area (Å²) in [6.07, 6.45) is 3.12. The molecule has 0 saturated heterocycles. The Morgan fingerprint density at radius 3 is 2.56 bits per heavy atom. The van der Waals surface area contributed by atoms with Gasteiger partial charge in [0, 0.05) is 6.04 Å². The fourth-order valence-corrected chi connectivity index (χ4v) is 2.63. The number of methoxy groups -OCH3 is 1. The van der Waals surface area contributed by atoms with Crippen LogP contribution in [0, 0.1) is 5.82 Å². The van der Waals surface area contributed by atoms with E-state index in [1.165, 1.54) is 13.2 Å². The minimum atomic E-state index is -0.902. The van der Waals surface area contributed by atoms with Crippen LogP contribution in [-0.2, 0) is 5.60 Å². The van der Waals surface area contributed by atoms with Crippen molar-refractivity contribution in [2.24, 2.45) is 0 Å². The fourth-order valence-electron chi connectivity index (χ4n) is 2.63. The molecule has 1 saturated carbocycles. The average Bonchev–Trinajstić information content (AvgIpc) is 2.39. The summed E-state index contributed by atoms with van der Waals surface area (Å²) in [5.41, 5.74) is -0.254. The normalized spacial score (nSPS) is 28.1. The lowest BCUT2D eigenvalue weighted by atomic mass is 9.78. The molecule has 0 heterocycles. The predicted molar refractivity (Wildman–Crippen MR) is 68.2 cm³/mol. The topological polar surface area (TPSA) is 41.5 Å². The molecule has 0 unspecified atom stereocenters. The Bertz CT molecular complexity index is 414. The zero-order valence-electron chi connectivity index (χ0n) is 10.9. The fraction of sp³-hybridized carbons (Fsp3) is 0.571. The van der Waals surface area contributed by atoms with E-state index in [-0.39, 0.29) is 5.75 Å². The maximum atomic E-state index is 13.7.